The number of hydrogen-bond acceptors (Lipinski definition) is 3. The van der Waals surface area contributed by atoms with Crippen molar-refractivity contribution in [3.05, 3.63) is 46.0 Å². The lowest BCUT2D eigenvalue weighted by Crippen LogP contribution is -2.34. The number of allylic oxidation sites excluding steroid dienone is 2. The molecule has 1 aliphatic heterocycles. The molecule has 0 bridgehead atoms. The lowest BCUT2D eigenvalue weighted by Gasteiger charge is -2.35. The van der Waals surface area contributed by atoms with Gasteiger partial charge in [-0.3, -0.25) is 9.59 Å². The minimum Gasteiger partial charge on any atom is -0.376 e. The van der Waals surface area contributed by atoms with Crippen LogP contribution in [0, 0.1) is 26.7 Å². The van der Waals surface area contributed by atoms with Crippen molar-refractivity contribution in [2.75, 3.05) is 6.61 Å². The van der Waals surface area contributed by atoms with Crippen LogP contribution in [0.5, 0.6) is 0 Å². The molecule has 0 N–H and O–H groups in total. The largest absolute Gasteiger partial charge is 0.376 e. The van der Waals surface area contributed by atoms with Crippen LogP contribution in [0.1, 0.15) is 61.3 Å². The highest BCUT2D eigenvalue weighted by Crippen LogP contribution is 2.38. The van der Waals surface area contributed by atoms with Crippen LogP contribution in [0.3, 0.4) is 0 Å². The van der Waals surface area contributed by atoms with E-state index in [2.05, 4.69) is 26.0 Å². The molecule has 1 saturated heterocycles. The molecule has 25 heavy (non-hydrogen) atoms. The summed E-state index contributed by atoms with van der Waals surface area (Å²) in [6, 6.07) is 4.11. The van der Waals surface area contributed by atoms with Crippen LogP contribution in [0.25, 0.3) is 0 Å². The molecule has 2 aliphatic rings. The maximum atomic E-state index is 13.0. The molecule has 1 aromatic rings. The Morgan fingerprint density at radius 2 is 1.76 bits per heavy atom. The zero-order chi connectivity index (χ0) is 18.4. The topological polar surface area (TPSA) is 43.4 Å². The van der Waals surface area contributed by atoms with E-state index in [1.54, 1.807) is 6.08 Å². The van der Waals surface area contributed by atoms with Gasteiger partial charge in [0.15, 0.2) is 11.6 Å². The third-order valence-corrected chi connectivity index (χ3v) is 5.51. The minimum atomic E-state index is -0.636. The number of hydrogen-bond donors (Lipinski definition) is 0. The van der Waals surface area contributed by atoms with Gasteiger partial charge in [-0.2, -0.15) is 0 Å². The number of rotatable bonds is 3. The van der Waals surface area contributed by atoms with Crippen molar-refractivity contribution in [3.63, 3.8) is 0 Å². The van der Waals surface area contributed by atoms with Crippen molar-refractivity contribution in [3.8, 4) is 0 Å². The molecule has 1 aromatic carbocycles. The Morgan fingerprint density at radius 3 is 2.36 bits per heavy atom. The Bertz CT molecular complexity index is 732. The molecule has 134 valence electrons. The van der Waals surface area contributed by atoms with Gasteiger partial charge in [0.05, 0.1) is 5.60 Å². The van der Waals surface area contributed by atoms with Gasteiger partial charge in [-0.25, -0.2) is 0 Å². The Labute approximate surface area is 150 Å². The van der Waals surface area contributed by atoms with E-state index in [0.29, 0.717) is 17.9 Å². The molecule has 0 saturated carbocycles. The third-order valence-electron chi connectivity index (χ3n) is 5.51. The van der Waals surface area contributed by atoms with Crippen LogP contribution in [0.15, 0.2) is 23.8 Å². The van der Waals surface area contributed by atoms with Crippen molar-refractivity contribution in [2.24, 2.45) is 5.92 Å². The van der Waals surface area contributed by atoms with E-state index in [1.807, 2.05) is 20.8 Å². The molecule has 2 unspecified atom stereocenters. The van der Waals surface area contributed by atoms with Crippen LogP contribution in [0.2, 0.25) is 0 Å². The Kier molecular flexibility index (Phi) is 4.72. The SMILES string of the molecule is Cc1cc(C)c(C2C(=O)C=C(CC3CCOC(C)(C)C3)C2=O)c(C)c1. The summed E-state index contributed by atoms with van der Waals surface area (Å²) in [7, 11) is 0. The molecule has 1 heterocycles. The van der Waals surface area contributed by atoms with Gasteiger partial charge in [-0.1, -0.05) is 17.7 Å². The first-order valence-electron chi connectivity index (χ1n) is 9.18. The van der Waals surface area contributed by atoms with Crippen molar-refractivity contribution >= 4 is 11.6 Å². The molecule has 3 nitrogen and oxygen atoms in total. The fourth-order valence-electron chi connectivity index (χ4n) is 4.56. The van der Waals surface area contributed by atoms with E-state index in [1.165, 1.54) is 0 Å². The molecule has 3 heteroatoms. The Morgan fingerprint density at radius 1 is 1.12 bits per heavy atom. The standard InChI is InChI=1S/C22H28O3/c1-13-8-14(2)19(15(3)9-13)20-18(23)11-17(21(20)24)10-16-6-7-25-22(4,5)12-16/h8-9,11,16,20H,6-7,10,12H2,1-5H3. The zero-order valence-electron chi connectivity index (χ0n) is 15.9. The fraction of sp³-hybridized carbons (Fsp3) is 0.545. The van der Waals surface area contributed by atoms with Gasteiger partial charge < -0.3 is 4.74 Å². The molecule has 3 rings (SSSR count). The van der Waals surface area contributed by atoms with Crippen molar-refractivity contribution in [1.82, 2.24) is 0 Å². The normalized spacial score (nSPS) is 26.0. The summed E-state index contributed by atoms with van der Waals surface area (Å²) in [6.45, 7) is 10.9. The van der Waals surface area contributed by atoms with Crippen LogP contribution in [0.4, 0.5) is 0 Å². The molecule has 0 spiro atoms. The van der Waals surface area contributed by atoms with Gasteiger partial charge >= 0.3 is 0 Å². The van der Waals surface area contributed by atoms with Gasteiger partial charge in [0.25, 0.3) is 0 Å². The summed E-state index contributed by atoms with van der Waals surface area (Å²) in [4.78, 5) is 25.7. The van der Waals surface area contributed by atoms with Gasteiger partial charge in [-0.15, -0.1) is 0 Å². The van der Waals surface area contributed by atoms with E-state index < -0.39 is 5.92 Å². The number of benzene rings is 1. The highest BCUT2D eigenvalue weighted by molar-refractivity contribution is 6.25. The maximum Gasteiger partial charge on any atom is 0.174 e. The predicted molar refractivity (Wildman–Crippen MR) is 98.9 cm³/mol. The Hall–Kier alpha value is -1.74. The van der Waals surface area contributed by atoms with E-state index >= 15 is 0 Å². The third kappa shape index (κ3) is 3.62. The number of carbonyl (C=O) groups excluding carboxylic acids is 2. The average Bonchev–Trinajstić information content (AvgIpc) is 2.73. The van der Waals surface area contributed by atoms with E-state index in [4.69, 9.17) is 4.74 Å². The fourth-order valence-corrected chi connectivity index (χ4v) is 4.56. The van der Waals surface area contributed by atoms with Crippen molar-refractivity contribution < 1.29 is 14.3 Å². The summed E-state index contributed by atoms with van der Waals surface area (Å²) in [5.74, 6) is -0.278. The lowest BCUT2D eigenvalue weighted by molar-refractivity contribution is -0.123. The van der Waals surface area contributed by atoms with Gasteiger partial charge in [0, 0.05) is 12.2 Å². The average molecular weight is 340 g/mol. The van der Waals surface area contributed by atoms with Crippen LogP contribution in [-0.2, 0) is 14.3 Å². The van der Waals surface area contributed by atoms with Crippen LogP contribution >= 0.6 is 0 Å². The second-order valence-electron chi connectivity index (χ2n) is 8.35. The second-order valence-corrected chi connectivity index (χ2v) is 8.35. The van der Waals surface area contributed by atoms with Gasteiger partial charge in [0.2, 0.25) is 0 Å². The molecule has 0 aromatic heterocycles. The number of ketones is 2. The Balaban J connectivity index is 1.82. The summed E-state index contributed by atoms with van der Waals surface area (Å²) < 4.78 is 5.77. The van der Waals surface area contributed by atoms with Gasteiger partial charge in [-0.05, 0) is 82.6 Å². The van der Waals surface area contributed by atoms with Crippen LogP contribution in [-0.4, -0.2) is 23.8 Å². The molecular formula is C22H28O3. The quantitative estimate of drug-likeness (QED) is 0.768. The minimum absolute atomic E-state index is 0.00403. The first kappa shape index (κ1) is 18.1. The lowest BCUT2D eigenvalue weighted by atomic mass is 9.82. The predicted octanol–water partition coefficient (Wildman–Crippen LogP) is 4.37. The first-order chi connectivity index (χ1) is 11.7. The maximum absolute atomic E-state index is 13.0. The molecule has 1 fully saturated rings. The van der Waals surface area contributed by atoms with E-state index in [0.717, 1.165) is 41.7 Å². The summed E-state index contributed by atoms with van der Waals surface area (Å²) in [5.41, 5.74) is 4.70. The molecule has 0 radical (unpaired) electrons. The number of Topliss-reactive ketones (excluding diaryl/α,β-unsaturated/α-hetero) is 1. The molecular weight excluding hydrogens is 312 g/mol. The van der Waals surface area contributed by atoms with E-state index in [9.17, 15) is 9.59 Å². The van der Waals surface area contributed by atoms with E-state index in [-0.39, 0.29) is 17.2 Å². The molecule has 0 amide bonds. The molecule has 1 aliphatic carbocycles. The first-order valence-corrected chi connectivity index (χ1v) is 9.18. The summed E-state index contributed by atoms with van der Waals surface area (Å²) in [5, 5.41) is 0. The number of ether oxygens (including phenoxy) is 1. The zero-order valence-corrected chi connectivity index (χ0v) is 15.9. The monoisotopic (exact) mass is 340 g/mol. The summed E-state index contributed by atoms with van der Waals surface area (Å²) in [6.07, 6.45) is 4.18. The smallest absolute Gasteiger partial charge is 0.174 e. The summed E-state index contributed by atoms with van der Waals surface area (Å²) >= 11 is 0. The highest BCUT2D eigenvalue weighted by Gasteiger charge is 2.39. The van der Waals surface area contributed by atoms with Gasteiger partial charge in [0.1, 0.15) is 5.92 Å². The molecule has 2 atom stereocenters. The number of aryl methyl sites for hydroxylation is 3. The van der Waals surface area contributed by atoms with Crippen LogP contribution < -0.4 is 0 Å². The number of carbonyl (C=O) groups is 2. The van der Waals surface area contributed by atoms with Crippen molar-refractivity contribution in [2.45, 2.75) is 65.4 Å². The second kappa shape index (κ2) is 6.53. The van der Waals surface area contributed by atoms with Crippen molar-refractivity contribution in [1.29, 1.82) is 0 Å². The highest BCUT2D eigenvalue weighted by atomic mass is 16.5.